The largest absolute Gasteiger partial charge is 0.490 e. The maximum atomic E-state index is 12.4. The molecule has 4 heterocycles. The molecule has 0 unspecified atom stereocenters. The van der Waals surface area contributed by atoms with E-state index in [1.165, 1.54) is 22.1 Å². The summed E-state index contributed by atoms with van der Waals surface area (Å²) in [5, 5.41) is 11.5. The number of nitrogens with zero attached hydrogens (tertiary/aromatic N) is 5. The van der Waals surface area contributed by atoms with Crippen molar-refractivity contribution in [1.82, 2.24) is 24.5 Å². The van der Waals surface area contributed by atoms with Crippen molar-refractivity contribution in [3.05, 3.63) is 64.2 Å². The predicted molar refractivity (Wildman–Crippen MR) is 113 cm³/mol. The fraction of sp³-hybridized carbons (Fsp3) is 0.238. The van der Waals surface area contributed by atoms with E-state index < -0.39 is 0 Å². The lowest BCUT2D eigenvalue weighted by molar-refractivity contribution is 0.297. The van der Waals surface area contributed by atoms with Crippen LogP contribution in [0.3, 0.4) is 0 Å². The number of rotatable bonds is 4. The number of thiazole rings is 1. The van der Waals surface area contributed by atoms with Crippen LogP contribution in [0.15, 0.2) is 52.9 Å². The van der Waals surface area contributed by atoms with Gasteiger partial charge >= 0.3 is 0 Å². The summed E-state index contributed by atoms with van der Waals surface area (Å²) in [4.78, 5) is 17.0. The van der Waals surface area contributed by atoms with Gasteiger partial charge < -0.3 is 9.47 Å². The highest BCUT2D eigenvalue weighted by molar-refractivity contribution is 7.13. The van der Waals surface area contributed by atoms with E-state index in [4.69, 9.17) is 9.47 Å². The molecule has 30 heavy (non-hydrogen) atoms. The van der Waals surface area contributed by atoms with E-state index in [1.807, 2.05) is 36.8 Å². The molecule has 5 rings (SSSR count). The predicted octanol–water partition coefficient (Wildman–Crippen LogP) is 2.98. The first-order valence-electron chi connectivity index (χ1n) is 9.57. The smallest absolute Gasteiger partial charge is 0.267 e. The Hall–Kier alpha value is -3.46. The second-order valence-corrected chi connectivity index (χ2v) is 7.83. The summed E-state index contributed by atoms with van der Waals surface area (Å²) < 4.78 is 14.6. The average Bonchev–Trinajstić information content (AvgIpc) is 3.32. The Morgan fingerprint density at radius 3 is 2.80 bits per heavy atom. The molecule has 0 atom stereocenters. The van der Waals surface area contributed by atoms with Gasteiger partial charge in [-0.3, -0.25) is 9.48 Å². The first-order valence-corrected chi connectivity index (χ1v) is 10.5. The normalized spacial score (nSPS) is 13.2. The van der Waals surface area contributed by atoms with Crippen LogP contribution >= 0.6 is 11.3 Å². The highest BCUT2D eigenvalue weighted by atomic mass is 32.1. The summed E-state index contributed by atoms with van der Waals surface area (Å²) in [6.07, 6.45) is 4.54. The molecule has 0 spiro atoms. The fourth-order valence-corrected chi connectivity index (χ4v) is 4.02. The lowest BCUT2D eigenvalue weighted by Crippen LogP contribution is -2.23. The molecule has 1 aliphatic heterocycles. The lowest BCUT2D eigenvalue weighted by atomic mass is 10.1. The van der Waals surface area contributed by atoms with Crippen molar-refractivity contribution in [3.8, 4) is 33.3 Å². The zero-order valence-corrected chi connectivity index (χ0v) is 17.1. The summed E-state index contributed by atoms with van der Waals surface area (Å²) in [6.45, 7) is 1.56. The molecule has 0 N–H and O–H groups in total. The second kappa shape index (κ2) is 7.75. The molecule has 0 amide bonds. The zero-order valence-electron chi connectivity index (χ0n) is 16.3. The van der Waals surface area contributed by atoms with E-state index in [-0.39, 0.29) is 5.56 Å². The van der Waals surface area contributed by atoms with Crippen LogP contribution in [0.2, 0.25) is 0 Å². The van der Waals surface area contributed by atoms with Gasteiger partial charge in [-0.1, -0.05) is 0 Å². The van der Waals surface area contributed by atoms with E-state index >= 15 is 0 Å². The van der Waals surface area contributed by atoms with E-state index in [0.717, 1.165) is 34.0 Å². The van der Waals surface area contributed by atoms with Gasteiger partial charge in [0.2, 0.25) is 0 Å². The first-order chi connectivity index (χ1) is 14.7. The number of aromatic nitrogens is 5. The molecule has 0 bridgehead atoms. The van der Waals surface area contributed by atoms with Crippen molar-refractivity contribution in [3.63, 3.8) is 0 Å². The maximum absolute atomic E-state index is 12.4. The Labute approximate surface area is 176 Å². The van der Waals surface area contributed by atoms with Crippen molar-refractivity contribution >= 4 is 11.3 Å². The monoisotopic (exact) mass is 421 g/mol. The van der Waals surface area contributed by atoms with E-state index in [2.05, 4.69) is 15.2 Å². The fourth-order valence-electron chi connectivity index (χ4n) is 3.24. The molecule has 4 aromatic rings. The summed E-state index contributed by atoms with van der Waals surface area (Å²) >= 11 is 1.52. The third-order valence-electron chi connectivity index (χ3n) is 4.73. The van der Waals surface area contributed by atoms with Crippen LogP contribution in [0.1, 0.15) is 12.1 Å². The summed E-state index contributed by atoms with van der Waals surface area (Å²) in [5.74, 6) is 1.43. The van der Waals surface area contributed by atoms with Gasteiger partial charge in [-0.25, -0.2) is 9.67 Å². The molecule has 0 radical (unpaired) electrons. The first kappa shape index (κ1) is 18.6. The van der Waals surface area contributed by atoms with Crippen LogP contribution in [0, 0.1) is 0 Å². The molecule has 152 valence electrons. The van der Waals surface area contributed by atoms with Gasteiger partial charge in [-0.15, -0.1) is 11.3 Å². The second-order valence-electron chi connectivity index (χ2n) is 6.97. The molecular weight excluding hydrogens is 402 g/mol. The molecule has 0 aliphatic carbocycles. The summed E-state index contributed by atoms with van der Waals surface area (Å²) in [7, 11) is 1.87. The molecule has 0 saturated heterocycles. The molecule has 9 heteroatoms. The molecule has 1 aromatic carbocycles. The minimum absolute atomic E-state index is 0.177. The molecule has 0 fully saturated rings. The Bertz CT molecular complexity index is 1260. The quantitative estimate of drug-likeness (QED) is 0.504. The van der Waals surface area contributed by atoms with E-state index in [9.17, 15) is 4.79 Å². The van der Waals surface area contributed by atoms with Crippen molar-refractivity contribution < 1.29 is 9.47 Å². The summed E-state index contributed by atoms with van der Waals surface area (Å²) in [5.41, 5.74) is 3.11. The van der Waals surface area contributed by atoms with Crippen molar-refractivity contribution in [2.75, 3.05) is 13.2 Å². The topological polar surface area (TPSA) is 84.1 Å². The van der Waals surface area contributed by atoms with Crippen LogP contribution in [0.5, 0.6) is 11.5 Å². The van der Waals surface area contributed by atoms with Gasteiger partial charge in [0.1, 0.15) is 5.01 Å². The standard InChI is InChI=1S/C21H19N5O3S/c1-25-11-15(10-22-25)21-23-16(13-30-21)12-26-20(27)6-4-17(24-26)14-3-5-18-19(9-14)29-8-2-7-28-18/h3-6,9-11,13H,2,7-8,12H2,1H3. The van der Waals surface area contributed by atoms with Crippen LogP contribution in [-0.2, 0) is 13.6 Å². The van der Waals surface area contributed by atoms with Crippen LogP contribution in [0.25, 0.3) is 21.8 Å². The Morgan fingerprint density at radius 1 is 1.10 bits per heavy atom. The minimum Gasteiger partial charge on any atom is -0.490 e. The van der Waals surface area contributed by atoms with Crippen LogP contribution < -0.4 is 15.0 Å². The van der Waals surface area contributed by atoms with Gasteiger partial charge in [-0.05, 0) is 24.3 Å². The van der Waals surface area contributed by atoms with Crippen molar-refractivity contribution in [1.29, 1.82) is 0 Å². The van der Waals surface area contributed by atoms with Gasteiger partial charge in [0.05, 0.1) is 37.3 Å². The van der Waals surface area contributed by atoms with E-state index in [0.29, 0.717) is 31.2 Å². The van der Waals surface area contributed by atoms with Crippen molar-refractivity contribution in [2.45, 2.75) is 13.0 Å². The van der Waals surface area contributed by atoms with Gasteiger partial charge in [0.25, 0.3) is 5.56 Å². The average molecular weight is 421 g/mol. The maximum Gasteiger partial charge on any atom is 0.267 e. The van der Waals surface area contributed by atoms with E-state index in [1.54, 1.807) is 16.9 Å². The summed E-state index contributed by atoms with van der Waals surface area (Å²) in [6, 6.07) is 8.96. The number of fused-ring (bicyclic) bond motifs is 1. The van der Waals surface area contributed by atoms with Crippen LogP contribution in [-0.4, -0.2) is 37.8 Å². The molecular formula is C21H19N5O3S. The highest BCUT2D eigenvalue weighted by Crippen LogP contribution is 2.33. The minimum atomic E-state index is -0.177. The number of hydrogen-bond acceptors (Lipinski definition) is 7. The number of ether oxygens (including phenoxy) is 2. The van der Waals surface area contributed by atoms with Gasteiger partial charge in [0, 0.05) is 42.2 Å². The number of aryl methyl sites for hydroxylation is 1. The Balaban J connectivity index is 1.42. The number of hydrogen-bond donors (Lipinski definition) is 0. The van der Waals surface area contributed by atoms with Crippen molar-refractivity contribution in [2.24, 2.45) is 7.05 Å². The highest BCUT2D eigenvalue weighted by Gasteiger charge is 2.13. The molecule has 0 saturated carbocycles. The molecule has 8 nitrogen and oxygen atoms in total. The third-order valence-corrected chi connectivity index (χ3v) is 5.67. The molecule has 1 aliphatic rings. The lowest BCUT2D eigenvalue weighted by Gasteiger charge is -2.10. The Kier molecular flexibility index (Phi) is 4.80. The molecule has 3 aromatic heterocycles. The third kappa shape index (κ3) is 3.71. The van der Waals surface area contributed by atoms with Gasteiger partial charge in [-0.2, -0.15) is 10.2 Å². The van der Waals surface area contributed by atoms with Crippen LogP contribution in [0.4, 0.5) is 0 Å². The Morgan fingerprint density at radius 2 is 1.97 bits per heavy atom. The zero-order chi connectivity index (χ0) is 20.5. The SMILES string of the molecule is Cn1cc(-c2nc(Cn3nc(-c4ccc5c(c4)OCCCO5)ccc3=O)cs2)cn1. The number of benzene rings is 1. The van der Waals surface area contributed by atoms with Gasteiger partial charge in [0.15, 0.2) is 11.5 Å².